The van der Waals surface area contributed by atoms with Gasteiger partial charge in [-0.3, -0.25) is 0 Å². The third-order valence-corrected chi connectivity index (χ3v) is 9.48. The van der Waals surface area contributed by atoms with Crippen LogP contribution in [-0.2, 0) is 5.41 Å². The van der Waals surface area contributed by atoms with E-state index in [9.17, 15) is 4.39 Å². The first-order valence-electron chi connectivity index (χ1n) is 16.3. The van der Waals surface area contributed by atoms with Crippen molar-refractivity contribution in [3.63, 3.8) is 0 Å². The molecule has 0 saturated carbocycles. The summed E-state index contributed by atoms with van der Waals surface area (Å²) in [6, 6.07) is 34.3. The number of benzene rings is 4. The van der Waals surface area contributed by atoms with Gasteiger partial charge in [0.05, 0.1) is 28.8 Å². The van der Waals surface area contributed by atoms with Crippen molar-refractivity contribution in [1.82, 2.24) is 14.7 Å². The van der Waals surface area contributed by atoms with Crippen LogP contribution in [0.3, 0.4) is 0 Å². The van der Waals surface area contributed by atoms with E-state index in [-0.39, 0.29) is 17.3 Å². The molecule has 1 unspecified atom stereocenters. The Morgan fingerprint density at radius 2 is 1.34 bits per heavy atom. The molecule has 3 aliphatic rings. The Hall–Kier alpha value is -5.24. The molecule has 1 fully saturated rings. The van der Waals surface area contributed by atoms with Crippen LogP contribution >= 0.6 is 0 Å². The monoisotopic (exact) mass is 623 g/mol. The van der Waals surface area contributed by atoms with Crippen molar-refractivity contribution in [3.05, 3.63) is 131 Å². The molecule has 8 rings (SSSR count). The fourth-order valence-corrected chi connectivity index (χ4v) is 6.97. The van der Waals surface area contributed by atoms with Crippen molar-refractivity contribution in [3.8, 4) is 5.69 Å². The minimum atomic E-state index is -0.218. The fraction of sp³-hybridized carbons (Fsp3) is 0.256. The molecule has 0 N–H and O–H groups in total. The van der Waals surface area contributed by atoms with Crippen LogP contribution in [0.1, 0.15) is 49.2 Å². The zero-order valence-corrected chi connectivity index (χ0v) is 27.2. The van der Waals surface area contributed by atoms with Crippen LogP contribution in [0.15, 0.2) is 113 Å². The van der Waals surface area contributed by atoms with Gasteiger partial charge in [0.15, 0.2) is 17.5 Å². The molecule has 1 saturated heterocycles. The van der Waals surface area contributed by atoms with Crippen LogP contribution in [0.5, 0.6) is 0 Å². The fourth-order valence-electron chi connectivity index (χ4n) is 6.97. The molecule has 0 amide bonds. The van der Waals surface area contributed by atoms with E-state index in [1.54, 1.807) is 0 Å². The van der Waals surface area contributed by atoms with Crippen molar-refractivity contribution in [2.24, 2.45) is 9.98 Å². The number of para-hydroxylation sites is 3. The molecule has 47 heavy (non-hydrogen) atoms. The molecule has 0 bridgehead atoms. The molecule has 1 aromatic heterocycles. The van der Waals surface area contributed by atoms with E-state index < -0.39 is 0 Å². The number of hydrogen-bond donors (Lipinski definition) is 0. The van der Waals surface area contributed by atoms with Crippen LogP contribution in [0.4, 0.5) is 27.3 Å². The number of aliphatic imine (C=N–C) groups is 2. The Bertz CT molecular complexity index is 2000. The minimum absolute atomic E-state index is 0.0462. The van der Waals surface area contributed by atoms with Gasteiger partial charge >= 0.3 is 0 Å². The second kappa shape index (κ2) is 11.2. The number of piperazine rings is 1. The Balaban J connectivity index is 1.27. The smallest absolute Gasteiger partial charge is 0.179 e. The lowest BCUT2D eigenvalue weighted by molar-refractivity contribution is 0.389. The SMILES string of the molecule is Cc1nn(-c2ccccc2)c2c1C(c1ccc(C(C)(C)C)cc1)N1C(=N2)C(N2CCN(c3ccc(F)cc3)CC2)=Nc2ccccc21. The van der Waals surface area contributed by atoms with Gasteiger partial charge in [0.1, 0.15) is 5.82 Å². The Kier molecular flexibility index (Phi) is 6.97. The molecule has 0 aliphatic carbocycles. The van der Waals surface area contributed by atoms with Gasteiger partial charge in [0, 0.05) is 37.4 Å². The highest BCUT2D eigenvalue weighted by molar-refractivity contribution is 6.48. The van der Waals surface area contributed by atoms with E-state index in [2.05, 4.69) is 103 Å². The lowest BCUT2D eigenvalue weighted by atomic mass is 9.85. The first-order chi connectivity index (χ1) is 22.8. The molecule has 0 spiro atoms. The number of rotatable bonds is 3. The zero-order chi connectivity index (χ0) is 32.3. The molecular formula is C39H38FN7. The van der Waals surface area contributed by atoms with Crippen LogP contribution in [0.2, 0.25) is 0 Å². The molecular weight excluding hydrogens is 585 g/mol. The van der Waals surface area contributed by atoms with E-state index in [1.807, 2.05) is 35.0 Å². The van der Waals surface area contributed by atoms with Gasteiger partial charge in [0.2, 0.25) is 0 Å². The number of aromatic nitrogens is 2. The summed E-state index contributed by atoms with van der Waals surface area (Å²) >= 11 is 0. The predicted molar refractivity (Wildman–Crippen MR) is 189 cm³/mol. The predicted octanol–water partition coefficient (Wildman–Crippen LogP) is 8.12. The average Bonchev–Trinajstić information content (AvgIpc) is 3.43. The standard InChI is InChI=1S/C39H38FN7/c1-26-34-35(27-14-16-28(17-15-27)39(2,3)4)46-33-13-9-8-12-32(33)41-37(38(46)42-36(34)47(43-26)31-10-6-5-7-11-31)45-24-22-44(23-25-45)30-20-18-29(40)19-21-30/h5-21,35H,22-25H2,1-4H3. The number of amidine groups is 2. The number of halogens is 1. The average molecular weight is 624 g/mol. The molecule has 3 aliphatic heterocycles. The van der Waals surface area contributed by atoms with Gasteiger partial charge in [-0.25, -0.2) is 19.1 Å². The largest absolute Gasteiger partial charge is 0.368 e. The summed E-state index contributed by atoms with van der Waals surface area (Å²) in [5.41, 5.74) is 8.53. The highest BCUT2D eigenvalue weighted by Gasteiger charge is 2.43. The summed E-state index contributed by atoms with van der Waals surface area (Å²) in [6.45, 7) is 12.0. The second-order valence-corrected chi connectivity index (χ2v) is 13.5. The Morgan fingerprint density at radius 1 is 0.681 bits per heavy atom. The highest BCUT2D eigenvalue weighted by atomic mass is 19.1. The Morgan fingerprint density at radius 3 is 2.04 bits per heavy atom. The first kappa shape index (κ1) is 29.2. The lowest BCUT2D eigenvalue weighted by Gasteiger charge is -2.44. The summed E-state index contributed by atoms with van der Waals surface area (Å²) in [6.07, 6.45) is 0. The van der Waals surface area contributed by atoms with Crippen LogP contribution in [0, 0.1) is 12.7 Å². The van der Waals surface area contributed by atoms with Gasteiger partial charge in [-0.15, -0.1) is 0 Å². The minimum Gasteiger partial charge on any atom is -0.368 e. The van der Waals surface area contributed by atoms with Crippen molar-refractivity contribution in [2.45, 2.75) is 39.2 Å². The van der Waals surface area contributed by atoms with Crippen LogP contribution in [0.25, 0.3) is 5.69 Å². The van der Waals surface area contributed by atoms with E-state index in [4.69, 9.17) is 15.1 Å². The number of nitrogens with zero attached hydrogens (tertiary/aromatic N) is 7. The van der Waals surface area contributed by atoms with Gasteiger partial charge in [-0.2, -0.15) is 5.10 Å². The molecule has 5 aromatic rings. The molecule has 8 heteroatoms. The van der Waals surface area contributed by atoms with Crippen molar-refractivity contribution >= 4 is 34.6 Å². The zero-order valence-electron chi connectivity index (χ0n) is 27.2. The third kappa shape index (κ3) is 5.08. The van der Waals surface area contributed by atoms with E-state index in [1.165, 1.54) is 23.3 Å². The van der Waals surface area contributed by atoms with Gasteiger partial charge in [-0.1, -0.05) is 75.4 Å². The molecule has 1 atom stereocenters. The first-order valence-corrected chi connectivity index (χ1v) is 16.3. The van der Waals surface area contributed by atoms with Gasteiger partial charge < -0.3 is 14.7 Å². The second-order valence-electron chi connectivity index (χ2n) is 13.5. The van der Waals surface area contributed by atoms with Crippen molar-refractivity contribution in [2.75, 3.05) is 36.0 Å². The maximum Gasteiger partial charge on any atom is 0.179 e. The lowest BCUT2D eigenvalue weighted by Crippen LogP contribution is -2.55. The number of fused-ring (bicyclic) bond motifs is 4. The molecule has 0 radical (unpaired) electrons. The molecule has 236 valence electrons. The van der Waals surface area contributed by atoms with Crippen molar-refractivity contribution < 1.29 is 4.39 Å². The van der Waals surface area contributed by atoms with Crippen molar-refractivity contribution in [1.29, 1.82) is 0 Å². The van der Waals surface area contributed by atoms with Gasteiger partial charge in [0.25, 0.3) is 0 Å². The summed E-state index contributed by atoms with van der Waals surface area (Å²) in [4.78, 5) is 17.8. The number of hydrogen-bond acceptors (Lipinski definition) is 6. The topological polar surface area (TPSA) is 52.3 Å². The Labute approximate surface area is 275 Å². The summed E-state index contributed by atoms with van der Waals surface area (Å²) < 4.78 is 15.6. The quantitative estimate of drug-likeness (QED) is 0.204. The molecule has 4 heterocycles. The molecule has 7 nitrogen and oxygen atoms in total. The summed E-state index contributed by atoms with van der Waals surface area (Å²) in [5.74, 6) is 2.31. The third-order valence-electron chi connectivity index (χ3n) is 9.48. The highest BCUT2D eigenvalue weighted by Crippen LogP contribution is 2.48. The van der Waals surface area contributed by atoms with Crippen LogP contribution < -0.4 is 9.80 Å². The molecule has 4 aromatic carbocycles. The van der Waals surface area contributed by atoms with E-state index >= 15 is 0 Å². The summed E-state index contributed by atoms with van der Waals surface area (Å²) in [5, 5.41) is 5.09. The maximum absolute atomic E-state index is 13.6. The van der Waals surface area contributed by atoms with E-state index in [0.29, 0.717) is 0 Å². The van der Waals surface area contributed by atoms with E-state index in [0.717, 1.165) is 77.7 Å². The summed E-state index contributed by atoms with van der Waals surface area (Å²) in [7, 11) is 0. The van der Waals surface area contributed by atoms with Gasteiger partial charge in [-0.05, 0) is 72.0 Å². The normalized spacial score (nSPS) is 17.5. The maximum atomic E-state index is 13.6. The number of anilines is 2. The number of aryl methyl sites for hydroxylation is 1. The van der Waals surface area contributed by atoms with Crippen LogP contribution in [-0.4, -0.2) is 52.5 Å².